The second-order valence-corrected chi connectivity index (χ2v) is 5.02. The number of nitrogens with zero attached hydrogens (tertiary/aromatic N) is 1. The first kappa shape index (κ1) is 11.7. The molecule has 2 unspecified atom stereocenters. The summed E-state index contributed by atoms with van der Waals surface area (Å²) in [5.41, 5.74) is 5.86. The zero-order valence-corrected chi connectivity index (χ0v) is 10.7. The van der Waals surface area contributed by atoms with Gasteiger partial charge in [-0.15, -0.1) is 0 Å². The maximum Gasteiger partial charge on any atom is 0.289 e. The van der Waals surface area contributed by atoms with E-state index in [1.54, 1.807) is 12.1 Å². The Morgan fingerprint density at radius 3 is 2.94 bits per heavy atom. The van der Waals surface area contributed by atoms with Crippen molar-refractivity contribution in [2.75, 3.05) is 6.54 Å². The number of likely N-dealkylation sites (tertiary alicyclic amines) is 1. The average molecular weight is 287 g/mol. The molecule has 0 aromatic carbocycles. The van der Waals surface area contributed by atoms with E-state index in [9.17, 15) is 4.79 Å². The molecule has 5 heteroatoms. The minimum absolute atomic E-state index is 0.0508. The van der Waals surface area contributed by atoms with Crippen molar-refractivity contribution in [1.29, 1.82) is 0 Å². The number of piperidine rings is 1. The van der Waals surface area contributed by atoms with Crippen molar-refractivity contribution in [1.82, 2.24) is 4.90 Å². The molecular weight excluding hydrogens is 272 g/mol. The number of hydrogen-bond acceptors (Lipinski definition) is 3. The second kappa shape index (κ2) is 4.59. The summed E-state index contributed by atoms with van der Waals surface area (Å²) in [5.74, 6) is 0.333. The van der Waals surface area contributed by atoms with Crippen LogP contribution in [0.15, 0.2) is 21.2 Å². The maximum atomic E-state index is 12.1. The van der Waals surface area contributed by atoms with Gasteiger partial charge in [0.15, 0.2) is 10.4 Å². The molecule has 88 valence electrons. The molecule has 1 fully saturated rings. The Kier molecular flexibility index (Phi) is 3.35. The molecule has 0 saturated carbocycles. The summed E-state index contributed by atoms with van der Waals surface area (Å²) >= 11 is 3.19. The van der Waals surface area contributed by atoms with E-state index in [2.05, 4.69) is 15.9 Å². The maximum absolute atomic E-state index is 12.1. The molecule has 0 radical (unpaired) electrons. The molecule has 2 rings (SSSR count). The van der Waals surface area contributed by atoms with Gasteiger partial charge in [0.2, 0.25) is 0 Å². The third kappa shape index (κ3) is 2.30. The minimum atomic E-state index is -0.0508. The minimum Gasteiger partial charge on any atom is -0.444 e. The van der Waals surface area contributed by atoms with Crippen molar-refractivity contribution < 1.29 is 9.21 Å². The summed E-state index contributed by atoms with van der Waals surface area (Å²) in [6, 6.07) is 3.81. The van der Waals surface area contributed by atoms with E-state index in [-0.39, 0.29) is 18.0 Å². The summed E-state index contributed by atoms with van der Waals surface area (Å²) in [6.45, 7) is 2.73. The van der Waals surface area contributed by atoms with Gasteiger partial charge in [-0.3, -0.25) is 4.79 Å². The Labute approximate surface area is 103 Å². The fourth-order valence-corrected chi connectivity index (χ4v) is 2.39. The van der Waals surface area contributed by atoms with Gasteiger partial charge >= 0.3 is 0 Å². The van der Waals surface area contributed by atoms with Crippen molar-refractivity contribution in [3.05, 3.63) is 22.6 Å². The molecule has 0 aliphatic carbocycles. The number of halogens is 1. The average Bonchev–Trinajstić information content (AvgIpc) is 2.64. The molecule has 1 aromatic heterocycles. The molecule has 2 N–H and O–H groups in total. The van der Waals surface area contributed by atoms with Gasteiger partial charge in [-0.2, -0.15) is 0 Å². The van der Waals surface area contributed by atoms with Crippen LogP contribution in [-0.4, -0.2) is 29.4 Å². The van der Waals surface area contributed by atoms with Gasteiger partial charge in [0.25, 0.3) is 5.91 Å². The number of carbonyl (C=O) groups is 1. The molecule has 0 spiro atoms. The third-order valence-corrected chi connectivity index (χ3v) is 3.39. The summed E-state index contributed by atoms with van der Waals surface area (Å²) < 4.78 is 5.85. The van der Waals surface area contributed by atoms with Crippen LogP contribution < -0.4 is 5.73 Å². The molecule has 0 bridgehead atoms. The Balaban J connectivity index is 2.10. The first-order valence-electron chi connectivity index (χ1n) is 5.40. The van der Waals surface area contributed by atoms with Gasteiger partial charge in [0.05, 0.1) is 0 Å². The third-order valence-electron chi connectivity index (χ3n) is 2.96. The lowest BCUT2D eigenvalue weighted by molar-refractivity contribution is 0.0585. The quantitative estimate of drug-likeness (QED) is 0.859. The summed E-state index contributed by atoms with van der Waals surface area (Å²) in [6.07, 6.45) is 1.71. The monoisotopic (exact) mass is 286 g/mol. The zero-order chi connectivity index (χ0) is 11.7. The van der Waals surface area contributed by atoms with E-state index in [0.717, 1.165) is 12.8 Å². The predicted octanol–water partition coefficient (Wildman–Crippen LogP) is 1.99. The molecular formula is C11H15BrN2O2. The lowest BCUT2D eigenvalue weighted by Gasteiger charge is -2.35. The van der Waals surface area contributed by atoms with E-state index in [1.807, 2.05) is 11.8 Å². The number of amides is 1. The van der Waals surface area contributed by atoms with E-state index in [0.29, 0.717) is 17.0 Å². The molecule has 16 heavy (non-hydrogen) atoms. The second-order valence-electron chi connectivity index (χ2n) is 4.24. The molecule has 1 aromatic rings. The normalized spacial score (nSPS) is 25.8. The van der Waals surface area contributed by atoms with E-state index < -0.39 is 0 Å². The van der Waals surface area contributed by atoms with Crippen LogP contribution in [0.3, 0.4) is 0 Å². The molecule has 1 saturated heterocycles. The Bertz CT molecular complexity index is 391. The van der Waals surface area contributed by atoms with Crippen LogP contribution in [0.2, 0.25) is 0 Å². The Morgan fingerprint density at radius 1 is 1.62 bits per heavy atom. The molecule has 1 amide bonds. The standard InChI is InChI=1S/C11H15BrN2O2/c1-7-6-8(13)4-5-14(7)11(15)9-2-3-10(12)16-9/h2-3,7-8H,4-6,13H2,1H3. The Hall–Kier alpha value is -0.810. The van der Waals surface area contributed by atoms with Gasteiger partial charge in [-0.05, 0) is 47.8 Å². The highest BCUT2D eigenvalue weighted by Crippen LogP contribution is 2.21. The largest absolute Gasteiger partial charge is 0.444 e. The van der Waals surface area contributed by atoms with Crippen molar-refractivity contribution in [3.63, 3.8) is 0 Å². The predicted molar refractivity (Wildman–Crippen MR) is 64.1 cm³/mol. The lowest BCUT2D eigenvalue weighted by atomic mass is 9.99. The highest BCUT2D eigenvalue weighted by Gasteiger charge is 2.29. The van der Waals surface area contributed by atoms with Crippen molar-refractivity contribution in [2.45, 2.75) is 31.8 Å². The van der Waals surface area contributed by atoms with Crippen LogP contribution in [0, 0.1) is 0 Å². The van der Waals surface area contributed by atoms with Crippen LogP contribution in [0.25, 0.3) is 0 Å². The van der Waals surface area contributed by atoms with Gasteiger partial charge < -0.3 is 15.1 Å². The van der Waals surface area contributed by atoms with E-state index in [4.69, 9.17) is 10.2 Å². The fourth-order valence-electron chi connectivity index (χ4n) is 2.08. The number of carbonyl (C=O) groups excluding carboxylic acids is 1. The number of hydrogen-bond donors (Lipinski definition) is 1. The topological polar surface area (TPSA) is 59.5 Å². The molecule has 4 nitrogen and oxygen atoms in total. The lowest BCUT2D eigenvalue weighted by Crippen LogP contribution is -2.48. The SMILES string of the molecule is CC1CC(N)CCN1C(=O)c1ccc(Br)o1. The van der Waals surface area contributed by atoms with Crippen LogP contribution in [0.4, 0.5) is 0 Å². The number of nitrogens with two attached hydrogens (primary N) is 1. The van der Waals surface area contributed by atoms with E-state index in [1.165, 1.54) is 0 Å². The number of rotatable bonds is 1. The molecule has 1 aliphatic rings. The highest BCUT2D eigenvalue weighted by atomic mass is 79.9. The van der Waals surface area contributed by atoms with Crippen LogP contribution >= 0.6 is 15.9 Å². The molecule has 2 atom stereocenters. The van der Waals surface area contributed by atoms with E-state index >= 15 is 0 Å². The summed E-state index contributed by atoms with van der Waals surface area (Å²) in [4.78, 5) is 13.9. The first-order valence-corrected chi connectivity index (χ1v) is 6.19. The van der Waals surface area contributed by atoms with Crippen LogP contribution in [0.5, 0.6) is 0 Å². The van der Waals surface area contributed by atoms with Gasteiger partial charge in [0, 0.05) is 18.6 Å². The first-order chi connectivity index (χ1) is 7.58. The molecule has 1 aliphatic heterocycles. The molecule has 2 heterocycles. The zero-order valence-electron chi connectivity index (χ0n) is 9.15. The van der Waals surface area contributed by atoms with Gasteiger partial charge in [-0.1, -0.05) is 0 Å². The van der Waals surface area contributed by atoms with Crippen molar-refractivity contribution in [3.8, 4) is 0 Å². The summed E-state index contributed by atoms with van der Waals surface area (Å²) in [5, 5.41) is 0. The Morgan fingerprint density at radius 2 is 2.38 bits per heavy atom. The van der Waals surface area contributed by atoms with Gasteiger partial charge in [0.1, 0.15) is 0 Å². The highest BCUT2D eigenvalue weighted by molar-refractivity contribution is 9.10. The smallest absolute Gasteiger partial charge is 0.289 e. The summed E-state index contributed by atoms with van der Waals surface area (Å²) in [7, 11) is 0. The number of furan rings is 1. The van der Waals surface area contributed by atoms with Gasteiger partial charge in [-0.25, -0.2) is 0 Å². The van der Waals surface area contributed by atoms with Crippen LogP contribution in [-0.2, 0) is 0 Å². The fraction of sp³-hybridized carbons (Fsp3) is 0.545. The van der Waals surface area contributed by atoms with Crippen molar-refractivity contribution in [2.24, 2.45) is 5.73 Å². The van der Waals surface area contributed by atoms with Crippen LogP contribution in [0.1, 0.15) is 30.3 Å². The van der Waals surface area contributed by atoms with Crippen molar-refractivity contribution >= 4 is 21.8 Å².